The van der Waals surface area contributed by atoms with Crippen LogP contribution in [0.1, 0.15) is 43.8 Å². The van der Waals surface area contributed by atoms with Gasteiger partial charge in [0.05, 0.1) is 22.0 Å². The molecule has 3 rings (SSSR count). The highest BCUT2D eigenvalue weighted by atomic mass is 32.1. The number of ether oxygens (including phenoxy) is 1. The van der Waals surface area contributed by atoms with Gasteiger partial charge in [0.25, 0.3) is 0 Å². The molecular weight excluding hydrogens is 268 g/mol. The molecule has 0 N–H and O–H groups in total. The summed E-state index contributed by atoms with van der Waals surface area (Å²) < 4.78 is 7.22. The van der Waals surface area contributed by atoms with Crippen molar-refractivity contribution in [3.63, 3.8) is 0 Å². The van der Waals surface area contributed by atoms with E-state index in [1.807, 2.05) is 32.0 Å². The lowest BCUT2D eigenvalue weighted by atomic mass is 9.83. The Morgan fingerprint density at radius 3 is 2.55 bits per heavy atom. The van der Waals surface area contributed by atoms with E-state index in [4.69, 9.17) is 4.74 Å². The number of benzene rings is 1. The molecule has 20 heavy (non-hydrogen) atoms. The molecule has 0 amide bonds. The molecule has 2 aromatic rings. The lowest BCUT2D eigenvalue weighted by molar-refractivity contribution is -0.0712. The third kappa shape index (κ3) is 2.29. The fraction of sp³-hybridized carbons (Fsp3) is 0.471. The second-order valence-electron chi connectivity index (χ2n) is 6.73. The first-order valence-corrected chi connectivity index (χ1v) is 7.83. The van der Waals surface area contributed by atoms with Crippen LogP contribution in [0.2, 0.25) is 0 Å². The summed E-state index contributed by atoms with van der Waals surface area (Å²) in [6.45, 7) is 8.18. The van der Waals surface area contributed by atoms with Crippen LogP contribution in [0, 0.1) is 5.92 Å². The molecule has 1 fully saturated rings. The van der Waals surface area contributed by atoms with Gasteiger partial charge in [-0.15, -0.1) is 11.3 Å². The van der Waals surface area contributed by atoms with E-state index in [-0.39, 0.29) is 17.3 Å². The molecule has 1 atom stereocenters. The first-order valence-electron chi connectivity index (χ1n) is 7.01. The van der Waals surface area contributed by atoms with Gasteiger partial charge < -0.3 is 4.74 Å². The Kier molecular flexibility index (Phi) is 3.03. The van der Waals surface area contributed by atoms with Gasteiger partial charge in [-0.25, -0.2) is 0 Å². The average Bonchev–Trinajstić information content (AvgIpc) is 2.85. The van der Waals surface area contributed by atoms with Gasteiger partial charge in [-0.1, -0.05) is 18.2 Å². The Hall–Kier alpha value is -1.19. The zero-order chi connectivity index (χ0) is 14.5. The topological polar surface area (TPSA) is 26.3 Å². The van der Waals surface area contributed by atoms with Crippen molar-refractivity contribution in [1.82, 2.24) is 0 Å². The number of carbonyl (C=O) groups is 1. The van der Waals surface area contributed by atoms with Gasteiger partial charge in [-0.3, -0.25) is 4.79 Å². The zero-order valence-corrected chi connectivity index (χ0v) is 13.2. The van der Waals surface area contributed by atoms with E-state index in [1.54, 1.807) is 11.3 Å². The summed E-state index contributed by atoms with van der Waals surface area (Å²) in [5, 5.41) is 1.15. The highest BCUT2D eigenvalue weighted by molar-refractivity contribution is 7.20. The Morgan fingerprint density at radius 1 is 1.25 bits per heavy atom. The smallest absolute Gasteiger partial charge is 0.178 e. The molecule has 3 heteroatoms. The van der Waals surface area contributed by atoms with E-state index in [0.717, 1.165) is 16.7 Å². The molecular formula is C17H20O2S. The maximum atomic E-state index is 12.9. The highest BCUT2D eigenvalue weighted by Gasteiger charge is 2.49. The number of fused-ring (bicyclic) bond motifs is 1. The molecule has 1 aliphatic heterocycles. The summed E-state index contributed by atoms with van der Waals surface area (Å²) in [5.41, 5.74) is -0.614. The van der Waals surface area contributed by atoms with Crippen molar-refractivity contribution >= 4 is 27.2 Å². The van der Waals surface area contributed by atoms with Crippen molar-refractivity contribution in [2.45, 2.75) is 45.3 Å². The minimum Gasteiger partial charge on any atom is -0.369 e. The molecule has 1 unspecified atom stereocenters. The lowest BCUT2D eigenvalue weighted by Crippen LogP contribution is -2.33. The molecule has 0 radical (unpaired) electrons. The monoisotopic (exact) mass is 288 g/mol. The SMILES string of the molecule is CC1(C)CC(C(=O)c2cc3ccccc3s2)C(C)(C)O1. The Bertz CT molecular complexity index is 633. The van der Waals surface area contributed by atoms with Crippen molar-refractivity contribution in [2.24, 2.45) is 5.92 Å². The maximum Gasteiger partial charge on any atom is 0.178 e. The fourth-order valence-electron chi connectivity index (χ4n) is 3.25. The molecule has 0 spiro atoms. The van der Waals surface area contributed by atoms with Crippen LogP contribution in [-0.2, 0) is 4.74 Å². The number of Topliss-reactive ketones (excluding diaryl/α,β-unsaturated/α-hetero) is 1. The predicted octanol–water partition coefficient (Wildman–Crippen LogP) is 4.68. The first-order chi connectivity index (χ1) is 9.28. The van der Waals surface area contributed by atoms with Crippen molar-refractivity contribution in [3.05, 3.63) is 35.2 Å². The van der Waals surface area contributed by atoms with E-state index in [1.165, 1.54) is 4.70 Å². The van der Waals surface area contributed by atoms with Crippen LogP contribution in [0.5, 0.6) is 0 Å². The third-order valence-electron chi connectivity index (χ3n) is 4.06. The number of carbonyl (C=O) groups excluding carboxylic acids is 1. The van der Waals surface area contributed by atoms with Crippen LogP contribution in [-0.4, -0.2) is 17.0 Å². The average molecular weight is 288 g/mol. The molecule has 0 bridgehead atoms. The van der Waals surface area contributed by atoms with Gasteiger partial charge in [0.1, 0.15) is 0 Å². The molecule has 2 heterocycles. The molecule has 1 saturated heterocycles. The largest absolute Gasteiger partial charge is 0.369 e. The molecule has 1 aliphatic rings. The van der Waals surface area contributed by atoms with Crippen LogP contribution in [0.15, 0.2) is 30.3 Å². The van der Waals surface area contributed by atoms with E-state index < -0.39 is 5.60 Å². The van der Waals surface area contributed by atoms with Crippen molar-refractivity contribution in [3.8, 4) is 0 Å². The minimum atomic E-state index is -0.392. The van der Waals surface area contributed by atoms with Crippen LogP contribution >= 0.6 is 11.3 Å². The van der Waals surface area contributed by atoms with Crippen molar-refractivity contribution in [1.29, 1.82) is 0 Å². The molecule has 0 saturated carbocycles. The summed E-state index contributed by atoms with van der Waals surface area (Å²) in [5.74, 6) is 0.160. The van der Waals surface area contributed by atoms with E-state index in [0.29, 0.717) is 0 Å². The summed E-state index contributed by atoms with van der Waals surface area (Å²) in [4.78, 5) is 13.7. The molecule has 106 valence electrons. The molecule has 2 nitrogen and oxygen atoms in total. The number of hydrogen-bond acceptors (Lipinski definition) is 3. The summed E-state index contributed by atoms with van der Waals surface area (Å²) in [6, 6.07) is 10.2. The van der Waals surface area contributed by atoms with E-state index in [9.17, 15) is 4.79 Å². The highest BCUT2D eigenvalue weighted by Crippen LogP contribution is 2.44. The van der Waals surface area contributed by atoms with Crippen LogP contribution in [0.3, 0.4) is 0 Å². The lowest BCUT2D eigenvalue weighted by Gasteiger charge is -2.26. The first kappa shape index (κ1) is 13.8. The van der Waals surface area contributed by atoms with Gasteiger partial charge in [0.15, 0.2) is 5.78 Å². The normalized spacial score (nSPS) is 24.1. The Balaban J connectivity index is 1.96. The van der Waals surface area contributed by atoms with E-state index in [2.05, 4.69) is 26.0 Å². The molecule has 0 aliphatic carbocycles. The summed E-state index contributed by atoms with van der Waals surface area (Å²) >= 11 is 1.59. The second-order valence-corrected chi connectivity index (χ2v) is 7.82. The standard InChI is InChI=1S/C17H20O2S/c1-16(2)10-12(17(3,4)19-16)15(18)14-9-11-7-5-6-8-13(11)20-14/h5-9,12H,10H2,1-4H3. The van der Waals surface area contributed by atoms with E-state index >= 15 is 0 Å². The fourth-order valence-corrected chi connectivity index (χ4v) is 4.30. The number of rotatable bonds is 2. The number of thiophene rings is 1. The van der Waals surface area contributed by atoms with Gasteiger partial charge >= 0.3 is 0 Å². The van der Waals surface area contributed by atoms with Crippen LogP contribution in [0.25, 0.3) is 10.1 Å². The van der Waals surface area contributed by atoms with Gasteiger partial charge in [0.2, 0.25) is 0 Å². The number of ketones is 1. The predicted molar refractivity (Wildman–Crippen MR) is 83.5 cm³/mol. The van der Waals surface area contributed by atoms with Crippen molar-refractivity contribution < 1.29 is 9.53 Å². The van der Waals surface area contributed by atoms with Gasteiger partial charge in [-0.05, 0) is 51.6 Å². The summed E-state index contributed by atoms with van der Waals surface area (Å²) in [6.07, 6.45) is 0.785. The number of hydrogen-bond donors (Lipinski definition) is 0. The van der Waals surface area contributed by atoms with Crippen LogP contribution in [0.4, 0.5) is 0 Å². The van der Waals surface area contributed by atoms with Crippen molar-refractivity contribution in [2.75, 3.05) is 0 Å². The van der Waals surface area contributed by atoms with Crippen LogP contribution < -0.4 is 0 Å². The quantitative estimate of drug-likeness (QED) is 0.750. The zero-order valence-electron chi connectivity index (χ0n) is 12.4. The Morgan fingerprint density at radius 2 is 1.95 bits per heavy atom. The van der Waals surface area contributed by atoms with Gasteiger partial charge in [0, 0.05) is 4.70 Å². The minimum absolute atomic E-state index is 0.0643. The van der Waals surface area contributed by atoms with Gasteiger partial charge in [-0.2, -0.15) is 0 Å². The summed E-state index contributed by atoms with van der Waals surface area (Å²) in [7, 11) is 0. The maximum absolute atomic E-state index is 12.9. The Labute approximate surface area is 123 Å². The molecule has 1 aromatic carbocycles. The second kappa shape index (κ2) is 4.40. The third-order valence-corrected chi connectivity index (χ3v) is 5.19. The molecule has 1 aromatic heterocycles.